The maximum Gasteiger partial charge on any atom is 0.239 e. The minimum Gasteiger partial charge on any atom is -0.376 e. The summed E-state index contributed by atoms with van der Waals surface area (Å²) in [5.74, 6) is -0.0324. The van der Waals surface area contributed by atoms with Crippen molar-refractivity contribution in [1.82, 2.24) is 5.32 Å². The van der Waals surface area contributed by atoms with Crippen LogP contribution >= 0.6 is 23.4 Å². The number of carbonyl (C=O) groups is 1. The molecule has 0 saturated heterocycles. The molecule has 0 aliphatic heterocycles. The fourth-order valence-corrected chi connectivity index (χ4v) is 3.44. The molecule has 144 valence electrons. The second-order valence-electron chi connectivity index (χ2n) is 6.32. The van der Waals surface area contributed by atoms with Crippen LogP contribution in [0.2, 0.25) is 5.02 Å². The molecule has 0 fully saturated rings. The van der Waals surface area contributed by atoms with Crippen molar-refractivity contribution in [3.8, 4) is 0 Å². The number of nitrogens with one attached hydrogen (secondary N) is 2. The first-order chi connectivity index (χ1) is 13.1. The van der Waals surface area contributed by atoms with Crippen molar-refractivity contribution < 1.29 is 4.79 Å². The van der Waals surface area contributed by atoms with E-state index in [4.69, 9.17) is 11.6 Å². The summed E-state index contributed by atoms with van der Waals surface area (Å²) in [6, 6.07) is 13.9. The summed E-state index contributed by atoms with van der Waals surface area (Å²) in [5.41, 5.74) is 2.87. The van der Waals surface area contributed by atoms with E-state index in [1.807, 2.05) is 12.1 Å². The van der Waals surface area contributed by atoms with E-state index in [0.717, 1.165) is 36.1 Å². The maximum atomic E-state index is 12.5. The highest BCUT2D eigenvalue weighted by Gasteiger charge is 2.14. The summed E-state index contributed by atoms with van der Waals surface area (Å²) in [4.78, 5) is 13.7. The molecule has 2 aromatic rings. The third-order valence-electron chi connectivity index (χ3n) is 4.37. The summed E-state index contributed by atoms with van der Waals surface area (Å²) in [7, 11) is 0. The summed E-state index contributed by atoms with van der Waals surface area (Å²) >= 11 is 7.73. The van der Waals surface area contributed by atoms with Crippen molar-refractivity contribution in [1.29, 1.82) is 0 Å². The van der Waals surface area contributed by atoms with Gasteiger partial charge in [0.1, 0.15) is 0 Å². The van der Waals surface area contributed by atoms with Crippen LogP contribution in [0.15, 0.2) is 53.9 Å². The Morgan fingerprint density at radius 1 is 1.26 bits per heavy atom. The van der Waals surface area contributed by atoms with Gasteiger partial charge in [-0.25, -0.2) is 0 Å². The van der Waals surface area contributed by atoms with Crippen LogP contribution in [0.25, 0.3) is 6.08 Å². The van der Waals surface area contributed by atoms with Gasteiger partial charge in [0.15, 0.2) is 0 Å². The number of rotatable bonds is 10. The van der Waals surface area contributed by atoms with Crippen LogP contribution in [0.1, 0.15) is 43.4 Å². The Bertz CT molecular complexity index is 761. The van der Waals surface area contributed by atoms with E-state index in [0.29, 0.717) is 5.02 Å². The van der Waals surface area contributed by atoms with Crippen molar-refractivity contribution in [2.24, 2.45) is 0 Å². The van der Waals surface area contributed by atoms with Crippen molar-refractivity contribution in [3.63, 3.8) is 0 Å². The summed E-state index contributed by atoms with van der Waals surface area (Å²) in [6.45, 7) is 6.16. The Morgan fingerprint density at radius 3 is 2.63 bits per heavy atom. The number of thioether (sulfide) groups is 1. The largest absolute Gasteiger partial charge is 0.376 e. The number of hydrogen-bond acceptors (Lipinski definition) is 3. The highest BCUT2D eigenvalue weighted by atomic mass is 35.5. The third-order valence-corrected chi connectivity index (χ3v) is 5.35. The fourth-order valence-electron chi connectivity index (χ4n) is 2.85. The molecule has 2 rings (SSSR count). The van der Waals surface area contributed by atoms with Crippen LogP contribution in [-0.2, 0) is 4.79 Å². The van der Waals surface area contributed by atoms with Crippen LogP contribution in [0.4, 0.5) is 5.69 Å². The Labute approximate surface area is 171 Å². The van der Waals surface area contributed by atoms with E-state index < -0.39 is 0 Å². The summed E-state index contributed by atoms with van der Waals surface area (Å²) in [5, 5.41) is 6.99. The first-order valence-electron chi connectivity index (χ1n) is 9.16. The smallest absolute Gasteiger partial charge is 0.239 e. The molecule has 5 heteroatoms. The van der Waals surface area contributed by atoms with Crippen molar-refractivity contribution in [2.75, 3.05) is 18.1 Å². The monoisotopic (exact) mass is 402 g/mol. The lowest BCUT2D eigenvalue weighted by Crippen LogP contribution is -2.33. The average molecular weight is 403 g/mol. The van der Waals surface area contributed by atoms with E-state index in [1.54, 1.807) is 23.9 Å². The zero-order chi connectivity index (χ0) is 19.6. The topological polar surface area (TPSA) is 41.1 Å². The highest BCUT2D eigenvalue weighted by molar-refractivity contribution is 7.98. The van der Waals surface area contributed by atoms with Crippen LogP contribution in [0.5, 0.6) is 0 Å². The van der Waals surface area contributed by atoms with Gasteiger partial charge in [-0.15, -0.1) is 11.8 Å². The molecule has 27 heavy (non-hydrogen) atoms. The van der Waals surface area contributed by atoms with Crippen LogP contribution in [0, 0.1) is 0 Å². The van der Waals surface area contributed by atoms with Gasteiger partial charge < -0.3 is 10.6 Å². The Hall–Kier alpha value is -1.91. The number of halogens is 1. The predicted octanol–water partition coefficient (Wildman–Crippen LogP) is 6.16. The van der Waals surface area contributed by atoms with E-state index >= 15 is 0 Å². The molecule has 0 spiro atoms. The number of benzene rings is 2. The number of anilines is 1. The minimum atomic E-state index is -0.0324. The molecular weight excluding hydrogens is 376 g/mol. The number of hydrogen-bond donors (Lipinski definition) is 2. The van der Waals surface area contributed by atoms with Gasteiger partial charge >= 0.3 is 0 Å². The maximum absolute atomic E-state index is 12.5. The van der Waals surface area contributed by atoms with Crippen LogP contribution in [0.3, 0.4) is 0 Å². The molecule has 1 amide bonds. The Balaban J connectivity index is 2.01. The Morgan fingerprint density at radius 2 is 2.00 bits per heavy atom. The first-order valence-corrected chi connectivity index (χ1v) is 10.8. The first kappa shape index (κ1) is 21.4. The van der Waals surface area contributed by atoms with Crippen molar-refractivity contribution >= 4 is 41.0 Å². The summed E-state index contributed by atoms with van der Waals surface area (Å²) in [6.07, 6.45) is 6.88. The zero-order valence-electron chi connectivity index (χ0n) is 15.9. The number of amides is 1. The van der Waals surface area contributed by atoms with Gasteiger partial charge in [-0.3, -0.25) is 4.79 Å². The third kappa shape index (κ3) is 6.64. The van der Waals surface area contributed by atoms with Crippen molar-refractivity contribution in [3.05, 3.63) is 65.2 Å². The molecule has 0 aromatic heterocycles. The average Bonchev–Trinajstić information content (AvgIpc) is 2.70. The minimum absolute atomic E-state index is 0.0271. The standard InChI is InChI=1S/C22H27ClN2OS/c1-4-6-7-21(17-8-11-19(27-3)12-9-17)25-22(26)15-24-20-13-10-18(23)14-16(20)5-2/h5,8-14,21,24H,2,4,6-7,15H2,1,3H3,(H,25,26). The molecule has 2 aromatic carbocycles. The van der Waals surface area contributed by atoms with Gasteiger partial charge in [-0.05, 0) is 54.1 Å². The molecule has 1 unspecified atom stereocenters. The van der Waals surface area contributed by atoms with Gasteiger partial charge in [0.25, 0.3) is 0 Å². The molecular formula is C22H27ClN2OS. The zero-order valence-corrected chi connectivity index (χ0v) is 17.5. The molecule has 0 saturated carbocycles. The van der Waals surface area contributed by atoms with Crippen molar-refractivity contribution in [2.45, 2.75) is 37.1 Å². The molecule has 1 atom stereocenters. The lowest BCUT2D eigenvalue weighted by molar-refractivity contribution is -0.120. The summed E-state index contributed by atoms with van der Waals surface area (Å²) < 4.78 is 0. The molecule has 3 nitrogen and oxygen atoms in total. The van der Waals surface area contributed by atoms with Crippen LogP contribution in [-0.4, -0.2) is 18.7 Å². The predicted molar refractivity (Wildman–Crippen MR) is 119 cm³/mol. The molecule has 0 heterocycles. The van der Waals surface area contributed by atoms with Gasteiger partial charge in [0.05, 0.1) is 12.6 Å². The van der Waals surface area contributed by atoms with Gasteiger partial charge in [0.2, 0.25) is 5.91 Å². The molecule has 0 bridgehead atoms. The molecule has 0 aliphatic carbocycles. The van der Waals surface area contributed by atoms with E-state index in [2.05, 4.69) is 54.7 Å². The van der Waals surface area contributed by atoms with Gasteiger partial charge in [0, 0.05) is 15.6 Å². The van der Waals surface area contributed by atoms with E-state index in [-0.39, 0.29) is 18.5 Å². The fraction of sp³-hybridized carbons (Fsp3) is 0.318. The van der Waals surface area contributed by atoms with Gasteiger partial charge in [-0.2, -0.15) is 0 Å². The SMILES string of the molecule is C=Cc1cc(Cl)ccc1NCC(=O)NC(CCCC)c1ccc(SC)cc1. The van der Waals surface area contributed by atoms with E-state index in [9.17, 15) is 4.79 Å². The van der Waals surface area contributed by atoms with Gasteiger partial charge in [-0.1, -0.05) is 56.2 Å². The second kappa shape index (κ2) is 11.1. The highest BCUT2D eigenvalue weighted by Crippen LogP contribution is 2.24. The quantitative estimate of drug-likeness (QED) is 0.467. The number of carbonyl (C=O) groups excluding carboxylic acids is 1. The lowest BCUT2D eigenvalue weighted by Gasteiger charge is -2.20. The van der Waals surface area contributed by atoms with E-state index in [1.165, 1.54) is 4.90 Å². The molecule has 0 aliphatic rings. The molecule has 2 N–H and O–H groups in total. The normalized spacial score (nSPS) is 11.7. The Kier molecular flexibility index (Phi) is 8.76. The number of unbranched alkanes of at least 4 members (excludes halogenated alkanes) is 1. The van der Waals surface area contributed by atoms with Crippen LogP contribution < -0.4 is 10.6 Å². The lowest BCUT2D eigenvalue weighted by atomic mass is 10.0. The molecule has 0 radical (unpaired) electrons. The second-order valence-corrected chi connectivity index (χ2v) is 7.64.